The largest absolute Gasteiger partial charge is 0.337 e. The first kappa shape index (κ1) is 11.6. The summed E-state index contributed by atoms with van der Waals surface area (Å²) < 4.78 is 2.09. The molecule has 2 unspecified atom stereocenters. The summed E-state index contributed by atoms with van der Waals surface area (Å²) in [5.41, 5.74) is 0. The summed E-state index contributed by atoms with van der Waals surface area (Å²) in [4.78, 5) is 4.34. The highest BCUT2D eigenvalue weighted by Gasteiger charge is 2.15. The number of hydrogen-bond donors (Lipinski definition) is 1. The fourth-order valence-electron chi connectivity index (χ4n) is 2.49. The molecule has 2 rings (SSSR count). The zero-order valence-corrected chi connectivity index (χ0v) is 10.4. The molecule has 16 heavy (non-hydrogen) atoms. The average Bonchev–Trinajstić information content (AvgIpc) is 2.55. The highest BCUT2D eigenvalue weighted by atomic mass is 15.1. The number of nitrogens with zero attached hydrogens (tertiary/aromatic N) is 2. The van der Waals surface area contributed by atoms with Crippen molar-refractivity contribution in [2.24, 2.45) is 13.0 Å². The summed E-state index contributed by atoms with van der Waals surface area (Å²) in [7, 11) is 2.05. The van der Waals surface area contributed by atoms with Gasteiger partial charge in [-0.1, -0.05) is 19.8 Å². The molecule has 0 radical (unpaired) electrons. The van der Waals surface area contributed by atoms with E-state index in [2.05, 4.69) is 28.8 Å². The molecule has 0 bridgehead atoms. The number of imidazole rings is 1. The minimum Gasteiger partial charge on any atom is -0.337 e. The Bertz CT molecular complexity index is 319. The summed E-state index contributed by atoms with van der Waals surface area (Å²) in [6, 6.07) is 0.696. The molecule has 90 valence electrons. The third-order valence-corrected chi connectivity index (χ3v) is 3.73. The number of nitrogens with one attached hydrogen (secondary N) is 1. The van der Waals surface area contributed by atoms with E-state index < -0.39 is 0 Å². The zero-order valence-electron chi connectivity index (χ0n) is 10.4. The molecule has 1 aliphatic rings. The number of rotatable bonds is 3. The van der Waals surface area contributed by atoms with Gasteiger partial charge in [-0.05, 0) is 25.2 Å². The minimum atomic E-state index is 0.696. The Morgan fingerprint density at radius 1 is 1.38 bits per heavy atom. The van der Waals surface area contributed by atoms with Crippen LogP contribution < -0.4 is 5.32 Å². The molecule has 0 aromatic carbocycles. The van der Waals surface area contributed by atoms with Crippen LogP contribution in [0.1, 0.15) is 44.9 Å². The number of hydrogen-bond acceptors (Lipinski definition) is 2. The van der Waals surface area contributed by atoms with Crippen molar-refractivity contribution in [3.05, 3.63) is 18.2 Å². The van der Waals surface area contributed by atoms with E-state index in [1.54, 1.807) is 0 Å². The van der Waals surface area contributed by atoms with Gasteiger partial charge in [-0.25, -0.2) is 4.98 Å². The standard InChI is InChI=1S/C13H23N3/c1-11-4-3-5-12(7-6-11)15-10-13-14-8-9-16(13)2/h8-9,11-12,15H,3-7,10H2,1-2H3. The quantitative estimate of drug-likeness (QED) is 0.795. The Kier molecular flexibility index (Phi) is 3.99. The van der Waals surface area contributed by atoms with Crippen molar-refractivity contribution < 1.29 is 0 Å². The van der Waals surface area contributed by atoms with Gasteiger partial charge in [0.1, 0.15) is 5.82 Å². The predicted molar refractivity (Wildman–Crippen MR) is 66.1 cm³/mol. The molecule has 1 N–H and O–H groups in total. The monoisotopic (exact) mass is 221 g/mol. The average molecular weight is 221 g/mol. The van der Waals surface area contributed by atoms with Crippen LogP contribution in [0.3, 0.4) is 0 Å². The van der Waals surface area contributed by atoms with Gasteiger partial charge in [0.15, 0.2) is 0 Å². The lowest BCUT2D eigenvalue weighted by Crippen LogP contribution is -2.29. The highest BCUT2D eigenvalue weighted by molar-refractivity contribution is 4.91. The van der Waals surface area contributed by atoms with Gasteiger partial charge in [-0.3, -0.25) is 0 Å². The van der Waals surface area contributed by atoms with E-state index in [-0.39, 0.29) is 0 Å². The summed E-state index contributed by atoms with van der Waals surface area (Å²) in [5, 5.41) is 3.64. The molecule has 1 aromatic rings. The van der Waals surface area contributed by atoms with Gasteiger partial charge in [0.05, 0.1) is 6.54 Å². The zero-order chi connectivity index (χ0) is 11.4. The Balaban J connectivity index is 1.79. The first-order valence-corrected chi connectivity index (χ1v) is 6.45. The van der Waals surface area contributed by atoms with Crippen molar-refractivity contribution in [1.29, 1.82) is 0 Å². The van der Waals surface area contributed by atoms with E-state index in [1.165, 1.54) is 32.1 Å². The third-order valence-electron chi connectivity index (χ3n) is 3.73. The number of aryl methyl sites for hydroxylation is 1. The lowest BCUT2D eigenvalue weighted by molar-refractivity contribution is 0.439. The van der Waals surface area contributed by atoms with E-state index in [0.29, 0.717) is 6.04 Å². The summed E-state index contributed by atoms with van der Waals surface area (Å²) in [5.74, 6) is 2.05. The van der Waals surface area contributed by atoms with Crippen LogP contribution >= 0.6 is 0 Å². The first-order chi connectivity index (χ1) is 7.75. The number of aromatic nitrogens is 2. The van der Waals surface area contributed by atoms with Gasteiger partial charge in [-0.2, -0.15) is 0 Å². The van der Waals surface area contributed by atoms with E-state index in [0.717, 1.165) is 18.3 Å². The minimum absolute atomic E-state index is 0.696. The van der Waals surface area contributed by atoms with Gasteiger partial charge >= 0.3 is 0 Å². The van der Waals surface area contributed by atoms with E-state index in [1.807, 2.05) is 12.4 Å². The lowest BCUT2D eigenvalue weighted by Gasteiger charge is -2.16. The molecule has 1 heterocycles. The molecular formula is C13H23N3. The Hall–Kier alpha value is -0.830. The smallest absolute Gasteiger partial charge is 0.122 e. The molecule has 0 spiro atoms. The Morgan fingerprint density at radius 2 is 2.25 bits per heavy atom. The van der Waals surface area contributed by atoms with Crippen molar-refractivity contribution >= 4 is 0 Å². The second-order valence-electron chi connectivity index (χ2n) is 5.15. The lowest BCUT2D eigenvalue weighted by atomic mass is 10.0. The van der Waals surface area contributed by atoms with Crippen molar-refractivity contribution in [3.8, 4) is 0 Å². The fourth-order valence-corrected chi connectivity index (χ4v) is 2.49. The maximum Gasteiger partial charge on any atom is 0.122 e. The first-order valence-electron chi connectivity index (χ1n) is 6.45. The van der Waals surface area contributed by atoms with Gasteiger partial charge < -0.3 is 9.88 Å². The van der Waals surface area contributed by atoms with Gasteiger partial charge in [0.2, 0.25) is 0 Å². The molecule has 0 saturated heterocycles. The fraction of sp³-hybridized carbons (Fsp3) is 0.769. The van der Waals surface area contributed by atoms with E-state index >= 15 is 0 Å². The topological polar surface area (TPSA) is 29.9 Å². The van der Waals surface area contributed by atoms with E-state index in [9.17, 15) is 0 Å². The molecule has 3 nitrogen and oxygen atoms in total. The van der Waals surface area contributed by atoms with Gasteiger partial charge in [0.25, 0.3) is 0 Å². The van der Waals surface area contributed by atoms with Crippen LogP contribution in [0.2, 0.25) is 0 Å². The van der Waals surface area contributed by atoms with Crippen molar-refractivity contribution in [1.82, 2.24) is 14.9 Å². The molecule has 0 aliphatic heterocycles. The van der Waals surface area contributed by atoms with Crippen molar-refractivity contribution in [2.75, 3.05) is 0 Å². The van der Waals surface area contributed by atoms with Crippen molar-refractivity contribution in [2.45, 2.75) is 51.6 Å². The normalized spacial score (nSPS) is 26.6. The summed E-state index contributed by atoms with van der Waals surface area (Å²) in [6.07, 6.45) is 10.7. The van der Waals surface area contributed by atoms with Gasteiger partial charge in [-0.15, -0.1) is 0 Å². The third kappa shape index (κ3) is 3.08. The van der Waals surface area contributed by atoms with Crippen molar-refractivity contribution in [3.63, 3.8) is 0 Å². The Labute approximate surface area is 98.3 Å². The molecule has 0 amide bonds. The SMILES string of the molecule is CC1CCCC(NCc2nccn2C)CC1. The summed E-state index contributed by atoms with van der Waals surface area (Å²) >= 11 is 0. The molecule has 1 aromatic heterocycles. The van der Waals surface area contributed by atoms with Crippen LogP contribution in [-0.4, -0.2) is 15.6 Å². The van der Waals surface area contributed by atoms with Crippen LogP contribution in [0, 0.1) is 5.92 Å². The molecule has 1 aliphatic carbocycles. The predicted octanol–water partition coefficient (Wildman–Crippen LogP) is 2.48. The molecule has 2 atom stereocenters. The summed E-state index contributed by atoms with van der Waals surface area (Å²) in [6.45, 7) is 3.28. The van der Waals surface area contributed by atoms with Crippen LogP contribution in [0.25, 0.3) is 0 Å². The van der Waals surface area contributed by atoms with Crippen LogP contribution in [0.5, 0.6) is 0 Å². The second-order valence-corrected chi connectivity index (χ2v) is 5.15. The molecular weight excluding hydrogens is 198 g/mol. The second kappa shape index (κ2) is 5.48. The maximum absolute atomic E-state index is 4.34. The van der Waals surface area contributed by atoms with Gasteiger partial charge in [0, 0.05) is 25.5 Å². The molecule has 3 heteroatoms. The molecule has 1 saturated carbocycles. The Morgan fingerprint density at radius 3 is 3.00 bits per heavy atom. The van der Waals surface area contributed by atoms with E-state index in [4.69, 9.17) is 0 Å². The maximum atomic E-state index is 4.34. The van der Waals surface area contributed by atoms with Crippen LogP contribution in [-0.2, 0) is 13.6 Å². The van der Waals surface area contributed by atoms with Crippen LogP contribution in [0.4, 0.5) is 0 Å². The highest BCUT2D eigenvalue weighted by Crippen LogP contribution is 2.22. The molecule has 1 fully saturated rings. The van der Waals surface area contributed by atoms with Crippen LogP contribution in [0.15, 0.2) is 12.4 Å².